The van der Waals surface area contributed by atoms with Crippen molar-refractivity contribution in [3.63, 3.8) is 0 Å². The Kier molecular flexibility index (Phi) is 4.67. The Balaban J connectivity index is 1.61. The van der Waals surface area contributed by atoms with E-state index in [-0.39, 0.29) is 5.91 Å². The number of carbonyl (C=O) groups excluding carboxylic acids is 1. The first kappa shape index (κ1) is 17.9. The van der Waals surface area contributed by atoms with Crippen LogP contribution in [0.3, 0.4) is 0 Å². The molecule has 0 aliphatic rings. The second-order valence-corrected chi connectivity index (χ2v) is 7.03. The van der Waals surface area contributed by atoms with E-state index in [1.807, 2.05) is 36.4 Å². The number of carbonyl (C=O) groups is 1. The molecule has 1 amide bonds. The first-order chi connectivity index (χ1) is 13.5. The number of anilines is 1. The summed E-state index contributed by atoms with van der Waals surface area (Å²) in [7, 11) is 0. The van der Waals surface area contributed by atoms with Gasteiger partial charge < -0.3 is 10.3 Å². The van der Waals surface area contributed by atoms with E-state index in [4.69, 9.17) is 12.2 Å². The van der Waals surface area contributed by atoms with Crippen LogP contribution in [-0.4, -0.2) is 25.7 Å². The third-order valence-electron chi connectivity index (χ3n) is 4.38. The Bertz CT molecular complexity index is 1180. The smallest absolute Gasteiger partial charge is 0.275 e. The fourth-order valence-corrected chi connectivity index (χ4v) is 3.48. The molecule has 7 heteroatoms. The van der Waals surface area contributed by atoms with Crippen LogP contribution in [0.15, 0.2) is 60.8 Å². The molecule has 2 heterocycles. The largest absolute Gasteiger partial charge is 0.336 e. The second-order valence-electron chi connectivity index (χ2n) is 6.65. The van der Waals surface area contributed by atoms with Gasteiger partial charge in [0.2, 0.25) is 0 Å². The molecule has 4 rings (SSSR count). The van der Waals surface area contributed by atoms with Crippen LogP contribution >= 0.6 is 12.2 Å². The number of rotatable bonds is 4. The predicted molar refractivity (Wildman–Crippen MR) is 112 cm³/mol. The Labute approximate surface area is 167 Å². The van der Waals surface area contributed by atoms with E-state index in [1.165, 1.54) is 11.1 Å². The average Bonchev–Trinajstić information content (AvgIpc) is 3.28. The minimum atomic E-state index is -0.297. The van der Waals surface area contributed by atoms with Crippen molar-refractivity contribution in [2.24, 2.45) is 0 Å². The Hall–Kier alpha value is -3.45. The molecule has 0 aliphatic carbocycles. The van der Waals surface area contributed by atoms with E-state index in [2.05, 4.69) is 52.5 Å². The number of aryl methyl sites for hydroxylation is 2. The second kappa shape index (κ2) is 7.28. The fourth-order valence-electron chi connectivity index (χ4n) is 3.21. The molecule has 0 unspecified atom stereocenters. The van der Waals surface area contributed by atoms with Crippen molar-refractivity contribution < 1.29 is 4.79 Å². The number of aromatic nitrogens is 4. The van der Waals surface area contributed by atoms with Gasteiger partial charge in [0.15, 0.2) is 10.6 Å². The highest BCUT2D eigenvalue weighted by molar-refractivity contribution is 7.71. The van der Waals surface area contributed by atoms with Gasteiger partial charge >= 0.3 is 0 Å². The summed E-state index contributed by atoms with van der Waals surface area (Å²) in [6.07, 6.45) is 1.60. The third-order valence-corrected chi connectivity index (χ3v) is 4.68. The van der Waals surface area contributed by atoms with Crippen molar-refractivity contribution in [3.05, 3.63) is 82.4 Å². The monoisotopic (exact) mass is 389 g/mol. The number of nitrogens with zero attached hydrogens (tertiary/aromatic N) is 2. The van der Waals surface area contributed by atoms with Crippen molar-refractivity contribution in [3.8, 4) is 16.9 Å². The lowest BCUT2D eigenvalue weighted by Gasteiger charge is -2.07. The van der Waals surface area contributed by atoms with Crippen LogP contribution in [0, 0.1) is 18.6 Å². The van der Waals surface area contributed by atoms with Gasteiger partial charge in [-0.2, -0.15) is 5.10 Å². The molecule has 0 atom stereocenters. The van der Waals surface area contributed by atoms with E-state index in [0.717, 1.165) is 16.9 Å². The summed E-state index contributed by atoms with van der Waals surface area (Å²) in [6.45, 7) is 4.10. The molecule has 0 saturated heterocycles. The van der Waals surface area contributed by atoms with Crippen molar-refractivity contribution in [2.45, 2.75) is 13.8 Å². The Morgan fingerprint density at radius 1 is 1.07 bits per heavy atom. The topological polar surface area (TPSA) is 78.5 Å². The van der Waals surface area contributed by atoms with Gasteiger partial charge in [-0.15, -0.1) is 0 Å². The standard InChI is InChI=1S/C21H19N5OS/c1-13-8-14(2)10-15(9-13)17-11-19(25-24-17)23-20(27)18-12-22-21(28)26(18)16-6-4-3-5-7-16/h3-12H,1-2H3,(H,22,28)(H2,23,24,25,27). The zero-order valence-corrected chi connectivity index (χ0v) is 16.3. The Morgan fingerprint density at radius 2 is 1.79 bits per heavy atom. The molecule has 4 aromatic rings. The minimum absolute atomic E-state index is 0.297. The summed E-state index contributed by atoms with van der Waals surface area (Å²) in [5.74, 6) is 0.153. The number of aromatic amines is 2. The van der Waals surface area contributed by atoms with Crippen LogP contribution in [0.25, 0.3) is 16.9 Å². The van der Waals surface area contributed by atoms with Crippen LogP contribution < -0.4 is 5.32 Å². The molecule has 0 aliphatic heterocycles. The fraction of sp³-hybridized carbons (Fsp3) is 0.0952. The summed E-state index contributed by atoms with van der Waals surface area (Å²) in [5, 5.41) is 10.0. The van der Waals surface area contributed by atoms with Gasteiger partial charge in [-0.1, -0.05) is 35.4 Å². The number of para-hydroxylation sites is 1. The Morgan fingerprint density at radius 3 is 2.50 bits per heavy atom. The van der Waals surface area contributed by atoms with Crippen LogP contribution in [0.5, 0.6) is 0 Å². The van der Waals surface area contributed by atoms with Crippen LogP contribution in [0.2, 0.25) is 0 Å². The molecular formula is C21H19N5OS. The SMILES string of the molecule is Cc1cc(C)cc(-c2cc(NC(=O)c3c[nH]c(=S)n3-c3ccccc3)n[nH]2)c1. The average molecular weight is 389 g/mol. The first-order valence-electron chi connectivity index (χ1n) is 8.82. The van der Waals surface area contributed by atoms with Crippen molar-refractivity contribution in [2.75, 3.05) is 5.32 Å². The minimum Gasteiger partial charge on any atom is -0.336 e. The number of nitrogens with one attached hydrogen (secondary N) is 3. The summed E-state index contributed by atoms with van der Waals surface area (Å²) in [4.78, 5) is 15.8. The van der Waals surface area contributed by atoms with Crippen molar-refractivity contribution >= 4 is 23.9 Å². The van der Waals surface area contributed by atoms with E-state index in [9.17, 15) is 4.79 Å². The molecule has 0 spiro atoms. The highest BCUT2D eigenvalue weighted by Crippen LogP contribution is 2.23. The van der Waals surface area contributed by atoms with Gasteiger partial charge in [0.25, 0.3) is 5.91 Å². The highest BCUT2D eigenvalue weighted by Gasteiger charge is 2.16. The highest BCUT2D eigenvalue weighted by atomic mass is 32.1. The molecule has 28 heavy (non-hydrogen) atoms. The molecule has 2 aromatic carbocycles. The van der Waals surface area contributed by atoms with Gasteiger partial charge in [-0.05, 0) is 50.3 Å². The maximum Gasteiger partial charge on any atom is 0.275 e. The van der Waals surface area contributed by atoms with Crippen molar-refractivity contribution in [1.29, 1.82) is 0 Å². The van der Waals surface area contributed by atoms with E-state index in [0.29, 0.717) is 16.3 Å². The quantitative estimate of drug-likeness (QED) is 0.439. The zero-order chi connectivity index (χ0) is 19.7. The van der Waals surface area contributed by atoms with Crippen LogP contribution in [0.4, 0.5) is 5.82 Å². The van der Waals surface area contributed by atoms with E-state index < -0.39 is 0 Å². The van der Waals surface area contributed by atoms with Crippen LogP contribution in [0.1, 0.15) is 21.6 Å². The molecule has 6 nitrogen and oxygen atoms in total. The molecule has 2 aromatic heterocycles. The summed E-state index contributed by atoms with van der Waals surface area (Å²) in [6, 6.07) is 17.6. The normalized spacial score (nSPS) is 10.8. The summed E-state index contributed by atoms with van der Waals surface area (Å²) in [5.41, 5.74) is 5.44. The lowest BCUT2D eigenvalue weighted by Crippen LogP contribution is -2.16. The molecular weight excluding hydrogens is 370 g/mol. The molecule has 0 bridgehead atoms. The molecule has 3 N–H and O–H groups in total. The number of amides is 1. The van der Waals surface area contributed by atoms with Gasteiger partial charge in [0.05, 0.1) is 5.69 Å². The number of hydrogen-bond acceptors (Lipinski definition) is 3. The van der Waals surface area contributed by atoms with Gasteiger partial charge in [-0.25, -0.2) is 0 Å². The maximum absolute atomic E-state index is 12.8. The molecule has 0 fully saturated rings. The molecule has 0 radical (unpaired) electrons. The zero-order valence-electron chi connectivity index (χ0n) is 15.5. The molecule has 0 saturated carbocycles. The summed E-state index contributed by atoms with van der Waals surface area (Å²) >= 11 is 5.34. The lowest BCUT2D eigenvalue weighted by atomic mass is 10.1. The van der Waals surface area contributed by atoms with Gasteiger partial charge in [0.1, 0.15) is 5.69 Å². The lowest BCUT2D eigenvalue weighted by molar-refractivity contribution is 0.102. The maximum atomic E-state index is 12.8. The summed E-state index contributed by atoms with van der Waals surface area (Å²) < 4.78 is 2.15. The molecule has 140 valence electrons. The van der Waals surface area contributed by atoms with Gasteiger partial charge in [0, 0.05) is 23.5 Å². The number of H-pyrrole nitrogens is 2. The number of benzene rings is 2. The first-order valence-corrected chi connectivity index (χ1v) is 9.23. The predicted octanol–water partition coefficient (Wildman–Crippen LogP) is 4.79. The van der Waals surface area contributed by atoms with Gasteiger partial charge in [-0.3, -0.25) is 14.5 Å². The number of hydrogen-bond donors (Lipinski definition) is 3. The third kappa shape index (κ3) is 3.52. The van der Waals surface area contributed by atoms with Crippen LogP contribution in [-0.2, 0) is 0 Å². The number of imidazole rings is 1. The van der Waals surface area contributed by atoms with E-state index in [1.54, 1.807) is 10.8 Å². The van der Waals surface area contributed by atoms with E-state index >= 15 is 0 Å². The van der Waals surface area contributed by atoms with Crippen molar-refractivity contribution in [1.82, 2.24) is 19.7 Å².